The summed E-state index contributed by atoms with van der Waals surface area (Å²) in [5.74, 6) is -0.916. The highest BCUT2D eigenvalue weighted by Gasteiger charge is 2.20. The lowest BCUT2D eigenvalue weighted by Crippen LogP contribution is -2.30. The van der Waals surface area contributed by atoms with Crippen LogP contribution in [0.1, 0.15) is 30.6 Å². The highest BCUT2D eigenvalue weighted by molar-refractivity contribution is 5.99. The van der Waals surface area contributed by atoms with Gasteiger partial charge in [-0.3, -0.25) is 9.80 Å². The van der Waals surface area contributed by atoms with Gasteiger partial charge in [0.1, 0.15) is 0 Å². The van der Waals surface area contributed by atoms with Crippen LogP contribution in [0.3, 0.4) is 0 Å². The fourth-order valence-electron chi connectivity index (χ4n) is 3.32. The van der Waals surface area contributed by atoms with E-state index >= 15 is 0 Å². The van der Waals surface area contributed by atoms with Crippen molar-refractivity contribution in [2.45, 2.75) is 26.4 Å². The van der Waals surface area contributed by atoms with Gasteiger partial charge in [0.2, 0.25) is 0 Å². The molecule has 1 aliphatic rings. The van der Waals surface area contributed by atoms with Gasteiger partial charge in [-0.25, -0.2) is 4.79 Å². The Balaban J connectivity index is 1.36. The molecular weight excluding hydrogens is 378 g/mol. The van der Waals surface area contributed by atoms with Gasteiger partial charge in [-0.1, -0.05) is 30.3 Å². The second-order valence-electron chi connectivity index (χ2n) is 7.35. The van der Waals surface area contributed by atoms with E-state index in [4.69, 9.17) is 4.74 Å². The van der Waals surface area contributed by atoms with Gasteiger partial charge in [-0.15, -0.1) is 0 Å². The molecule has 0 radical (unpaired) electrons. The monoisotopic (exact) mass is 401 g/mol. The lowest BCUT2D eigenvalue weighted by Gasteiger charge is -2.15. The summed E-state index contributed by atoms with van der Waals surface area (Å²) in [5, 5.41) is 11.3. The molecular formula is C24H23N3O3. The van der Waals surface area contributed by atoms with Crippen molar-refractivity contribution in [1.82, 2.24) is 0 Å². The van der Waals surface area contributed by atoms with Crippen LogP contribution in [-0.2, 0) is 9.53 Å². The Hall–Kier alpha value is -3.67. The number of carbonyl (C=O) groups is 2. The maximum absolute atomic E-state index is 12.5. The molecule has 1 atom stereocenters. The molecule has 1 heterocycles. The number of ether oxygens (including phenoxy) is 1. The van der Waals surface area contributed by atoms with E-state index < -0.39 is 12.1 Å². The smallest absolute Gasteiger partial charge is 0.338 e. The van der Waals surface area contributed by atoms with Crippen LogP contribution in [0.5, 0.6) is 0 Å². The van der Waals surface area contributed by atoms with Gasteiger partial charge in [0.05, 0.1) is 11.3 Å². The average Bonchev–Trinajstić information content (AvgIpc) is 3.20. The van der Waals surface area contributed by atoms with Crippen molar-refractivity contribution in [2.24, 2.45) is 5.10 Å². The van der Waals surface area contributed by atoms with Crippen molar-refractivity contribution in [3.05, 3.63) is 72.3 Å². The number of carbonyl (C=O) groups excluding carboxylic acids is 2. The molecule has 6 nitrogen and oxygen atoms in total. The predicted octanol–water partition coefficient (Wildman–Crippen LogP) is 4.61. The van der Waals surface area contributed by atoms with Gasteiger partial charge >= 0.3 is 5.97 Å². The molecule has 0 bridgehead atoms. The van der Waals surface area contributed by atoms with E-state index in [0.29, 0.717) is 11.3 Å². The number of nitrogens with zero attached hydrogens (tertiary/aromatic N) is 2. The third-order valence-corrected chi connectivity index (χ3v) is 5.05. The summed E-state index contributed by atoms with van der Waals surface area (Å²) in [5.41, 5.74) is 3.06. The van der Waals surface area contributed by atoms with Gasteiger partial charge in [-0.05, 0) is 61.0 Å². The van der Waals surface area contributed by atoms with Crippen LogP contribution in [0.4, 0.5) is 11.4 Å². The Labute approximate surface area is 175 Å². The van der Waals surface area contributed by atoms with E-state index in [1.807, 2.05) is 66.5 Å². The zero-order valence-corrected chi connectivity index (χ0v) is 17.0. The molecule has 3 aromatic carbocycles. The first-order valence-corrected chi connectivity index (χ1v) is 9.92. The summed E-state index contributed by atoms with van der Waals surface area (Å²) >= 11 is 0. The van der Waals surface area contributed by atoms with E-state index in [-0.39, 0.29) is 5.91 Å². The molecule has 1 amide bonds. The molecule has 0 fully saturated rings. The lowest BCUT2D eigenvalue weighted by atomic mass is 10.1. The van der Waals surface area contributed by atoms with Crippen LogP contribution in [-0.4, -0.2) is 30.2 Å². The van der Waals surface area contributed by atoms with Gasteiger partial charge < -0.3 is 10.1 Å². The molecule has 1 aliphatic heterocycles. The van der Waals surface area contributed by atoms with Crippen LogP contribution < -0.4 is 10.3 Å². The van der Waals surface area contributed by atoms with Gasteiger partial charge in [-0.2, -0.15) is 5.10 Å². The van der Waals surface area contributed by atoms with Crippen LogP contribution in [0.15, 0.2) is 71.8 Å². The quantitative estimate of drug-likeness (QED) is 0.634. The molecule has 0 aromatic heterocycles. The maximum atomic E-state index is 12.5. The Morgan fingerprint density at radius 3 is 2.47 bits per heavy atom. The van der Waals surface area contributed by atoms with Gasteiger partial charge in [0, 0.05) is 24.4 Å². The first kappa shape index (κ1) is 19.6. The molecule has 1 N–H and O–H groups in total. The van der Waals surface area contributed by atoms with Crippen LogP contribution in [0, 0.1) is 0 Å². The molecule has 4 rings (SSSR count). The molecule has 0 spiro atoms. The predicted molar refractivity (Wildman–Crippen MR) is 119 cm³/mol. The number of benzene rings is 3. The molecule has 152 valence electrons. The van der Waals surface area contributed by atoms with Crippen molar-refractivity contribution < 1.29 is 14.3 Å². The van der Waals surface area contributed by atoms with Crippen molar-refractivity contribution in [3.63, 3.8) is 0 Å². The van der Waals surface area contributed by atoms with Crippen LogP contribution in [0.25, 0.3) is 10.8 Å². The zero-order chi connectivity index (χ0) is 21.1. The van der Waals surface area contributed by atoms with Crippen molar-refractivity contribution in [3.8, 4) is 0 Å². The minimum atomic E-state index is -0.922. The number of esters is 1. The number of hydrogen-bond donors (Lipinski definition) is 1. The molecule has 0 aliphatic carbocycles. The van der Waals surface area contributed by atoms with E-state index in [0.717, 1.165) is 35.1 Å². The maximum Gasteiger partial charge on any atom is 0.338 e. The molecule has 1 unspecified atom stereocenters. The number of hydrazone groups is 1. The number of rotatable bonds is 5. The number of anilines is 2. The number of fused-ring (bicyclic) bond motifs is 1. The average molecular weight is 401 g/mol. The molecule has 3 aromatic rings. The summed E-state index contributed by atoms with van der Waals surface area (Å²) in [7, 11) is 0. The summed E-state index contributed by atoms with van der Waals surface area (Å²) < 4.78 is 5.35. The third-order valence-electron chi connectivity index (χ3n) is 5.05. The van der Waals surface area contributed by atoms with Crippen LogP contribution >= 0.6 is 0 Å². The van der Waals surface area contributed by atoms with E-state index in [2.05, 4.69) is 10.4 Å². The standard InChI is InChI=1S/C24H23N3O3/c1-16-13-14-27(26-16)22-11-8-19(9-12-22)24(29)30-17(2)23(28)25-21-10-7-18-5-3-4-6-20(18)15-21/h3-12,15,17H,13-14H2,1-2H3,(H,25,28). The Kier molecular flexibility index (Phi) is 5.48. The molecule has 0 saturated carbocycles. The first-order valence-electron chi connectivity index (χ1n) is 9.92. The lowest BCUT2D eigenvalue weighted by molar-refractivity contribution is -0.123. The normalized spacial score (nSPS) is 14.3. The number of hydrogen-bond acceptors (Lipinski definition) is 5. The molecule has 30 heavy (non-hydrogen) atoms. The van der Waals surface area contributed by atoms with Crippen molar-refractivity contribution in [1.29, 1.82) is 0 Å². The highest BCUT2D eigenvalue weighted by atomic mass is 16.5. The highest BCUT2D eigenvalue weighted by Crippen LogP contribution is 2.21. The van der Waals surface area contributed by atoms with E-state index in [1.165, 1.54) is 0 Å². The minimum Gasteiger partial charge on any atom is -0.449 e. The molecule has 6 heteroatoms. The summed E-state index contributed by atoms with van der Waals surface area (Å²) in [6.07, 6.45) is 0.0163. The number of amides is 1. The zero-order valence-electron chi connectivity index (χ0n) is 17.0. The Morgan fingerprint density at radius 2 is 1.77 bits per heavy atom. The Morgan fingerprint density at radius 1 is 1.03 bits per heavy atom. The first-order chi connectivity index (χ1) is 14.5. The topological polar surface area (TPSA) is 71.0 Å². The Bertz CT molecular complexity index is 1120. The van der Waals surface area contributed by atoms with E-state index in [9.17, 15) is 9.59 Å². The second-order valence-corrected chi connectivity index (χ2v) is 7.35. The fourth-order valence-corrected chi connectivity index (χ4v) is 3.32. The summed E-state index contributed by atoms with van der Waals surface area (Å²) in [6.45, 7) is 4.39. The van der Waals surface area contributed by atoms with Crippen molar-refractivity contribution >= 4 is 39.7 Å². The summed E-state index contributed by atoms with van der Waals surface area (Å²) in [4.78, 5) is 24.9. The van der Waals surface area contributed by atoms with Gasteiger partial charge in [0.25, 0.3) is 5.91 Å². The SMILES string of the molecule is CC1=NN(c2ccc(C(=O)OC(C)C(=O)Nc3ccc4ccccc4c3)cc2)CC1. The minimum absolute atomic E-state index is 0.378. The fraction of sp³-hybridized carbons (Fsp3) is 0.208. The second kappa shape index (κ2) is 8.37. The van der Waals surface area contributed by atoms with E-state index in [1.54, 1.807) is 19.1 Å². The molecule has 0 saturated heterocycles. The largest absolute Gasteiger partial charge is 0.449 e. The third kappa shape index (κ3) is 4.33. The number of nitrogens with one attached hydrogen (secondary N) is 1. The van der Waals surface area contributed by atoms with Gasteiger partial charge in [0.15, 0.2) is 6.10 Å². The van der Waals surface area contributed by atoms with Crippen molar-refractivity contribution in [2.75, 3.05) is 16.9 Å². The summed E-state index contributed by atoms with van der Waals surface area (Å²) in [6, 6.07) is 20.6. The van der Waals surface area contributed by atoms with Crippen LogP contribution in [0.2, 0.25) is 0 Å².